The van der Waals surface area contributed by atoms with E-state index < -0.39 is 0 Å². The maximum absolute atomic E-state index is 5.27. The monoisotopic (exact) mass is 498 g/mol. The highest BCUT2D eigenvalue weighted by molar-refractivity contribution is 14.0. The van der Waals surface area contributed by atoms with Crippen LogP contribution < -0.4 is 10.6 Å². The normalized spacial score (nSPS) is 11.1. The van der Waals surface area contributed by atoms with Gasteiger partial charge in [0, 0.05) is 30.6 Å². The van der Waals surface area contributed by atoms with Gasteiger partial charge in [-0.25, -0.2) is 4.99 Å². The lowest BCUT2D eigenvalue weighted by molar-refractivity contribution is 0.421. The van der Waals surface area contributed by atoms with Crippen LogP contribution in [0.3, 0.4) is 0 Å². The van der Waals surface area contributed by atoms with Crippen LogP contribution in [0.1, 0.15) is 23.2 Å². The molecule has 0 aliphatic rings. The summed E-state index contributed by atoms with van der Waals surface area (Å²) in [5, 5.41) is 12.7. The molecule has 0 atom stereocenters. The Bertz CT molecular complexity index is 848. The first-order valence-electron chi connectivity index (χ1n) is 8.55. The van der Waals surface area contributed by atoms with E-state index in [1.54, 1.807) is 17.5 Å². The summed E-state index contributed by atoms with van der Waals surface area (Å²) in [6.45, 7) is 6.30. The zero-order valence-corrected chi connectivity index (χ0v) is 18.5. The van der Waals surface area contributed by atoms with Crippen LogP contribution in [0, 0.1) is 6.92 Å². The number of thiophene rings is 1. The van der Waals surface area contributed by atoms with Gasteiger partial charge in [-0.05, 0) is 43.0 Å². The molecule has 0 unspecified atom stereocenters. The number of hydrogen-bond acceptors (Lipinski definition) is 6. The van der Waals surface area contributed by atoms with Gasteiger partial charge in [0.15, 0.2) is 11.8 Å². The Labute approximate surface area is 179 Å². The predicted octanol–water partition coefficient (Wildman–Crippen LogP) is 3.42. The number of aliphatic imine (C=N–C) groups is 1. The number of aromatic nitrogens is 3. The molecule has 0 saturated carbocycles. The molecule has 3 aromatic rings. The summed E-state index contributed by atoms with van der Waals surface area (Å²) in [6.07, 6.45) is 2.34. The lowest BCUT2D eigenvalue weighted by Gasteiger charge is -2.10. The van der Waals surface area contributed by atoms with Crippen molar-refractivity contribution >= 4 is 41.3 Å². The first-order valence-corrected chi connectivity index (χ1v) is 9.43. The summed E-state index contributed by atoms with van der Waals surface area (Å²) in [7, 11) is 0. The van der Waals surface area contributed by atoms with Gasteiger partial charge in [-0.3, -0.25) is 4.98 Å². The first kappa shape index (κ1) is 21.3. The molecule has 27 heavy (non-hydrogen) atoms. The molecule has 0 aliphatic carbocycles. The molecule has 144 valence electrons. The van der Waals surface area contributed by atoms with Gasteiger partial charge >= 0.3 is 0 Å². The molecule has 0 saturated heterocycles. The molecule has 3 aromatic heterocycles. The van der Waals surface area contributed by atoms with Crippen LogP contribution in [-0.4, -0.2) is 34.2 Å². The maximum atomic E-state index is 5.27. The van der Waals surface area contributed by atoms with Gasteiger partial charge in [0.05, 0.1) is 6.54 Å². The van der Waals surface area contributed by atoms with Crippen molar-refractivity contribution in [3.63, 3.8) is 0 Å². The summed E-state index contributed by atoms with van der Waals surface area (Å²) in [5.41, 5.74) is 1.96. The van der Waals surface area contributed by atoms with Crippen molar-refractivity contribution in [1.29, 1.82) is 0 Å². The van der Waals surface area contributed by atoms with Crippen molar-refractivity contribution in [3.8, 4) is 11.6 Å². The molecule has 0 bridgehead atoms. The highest BCUT2D eigenvalue weighted by Gasteiger charge is 2.09. The number of halogens is 1. The zero-order valence-electron chi connectivity index (χ0n) is 15.3. The Morgan fingerprint density at radius 3 is 2.85 bits per heavy atom. The zero-order chi connectivity index (χ0) is 18.2. The Kier molecular flexibility index (Phi) is 8.65. The third-order valence-corrected chi connectivity index (χ3v) is 4.69. The minimum atomic E-state index is 0. The minimum Gasteiger partial charge on any atom is -0.357 e. The molecular weight excluding hydrogens is 475 g/mol. The van der Waals surface area contributed by atoms with Crippen molar-refractivity contribution in [2.45, 2.75) is 26.8 Å². The van der Waals surface area contributed by atoms with Gasteiger partial charge in [0.1, 0.15) is 5.69 Å². The molecule has 0 spiro atoms. The molecular formula is C18H23IN6OS. The summed E-state index contributed by atoms with van der Waals surface area (Å²) >= 11 is 1.73. The summed E-state index contributed by atoms with van der Waals surface area (Å²) in [4.78, 5) is 14.5. The lowest BCUT2D eigenvalue weighted by Crippen LogP contribution is -2.38. The van der Waals surface area contributed by atoms with Crippen molar-refractivity contribution in [2.75, 3.05) is 13.1 Å². The van der Waals surface area contributed by atoms with Crippen molar-refractivity contribution < 1.29 is 4.52 Å². The number of nitrogens with zero attached hydrogens (tertiary/aromatic N) is 4. The largest absolute Gasteiger partial charge is 0.357 e. The SMILES string of the molecule is CCNC(=NCc1sccc1C)NCCc1noc(-c2ccccn2)n1.I. The predicted molar refractivity (Wildman–Crippen MR) is 119 cm³/mol. The Balaban J connectivity index is 0.00000261. The van der Waals surface area contributed by atoms with Crippen molar-refractivity contribution in [2.24, 2.45) is 4.99 Å². The average molecular weight is 498 g/mol. The molecule has 0 aliphatic heterocycles. The standard InChI is InChI=1S/C18H22N6OS.HI/c1-3-19-18(22-12-15-13(2)8-11-26-15)21-10-7-16-23-17(25-24-16)14-6-4-5-9-20-14;/h4-6,8-9,11H,3,7,10,12H2,1-2H3,(H2,19,21,22);1H. The number of pyridine rings is 1. The van der Waals surface area contributed by atoms with E-state index in [2.05, 4.69) is 49.1 Å². The second kappa shape index (κ2) is 11.0. The average Bonchev–Trinajstić information content (AvgIpc) is 3.29. The van der Waals surface area contributed by atoms with Crippen molar-refractivity contribution in [3.05, 3.63) is 52.1 Å². The molecule has 3 heterocycles. The Morgan fingerprint density at radius 1 is 1.26 bits per heavy atom. The molecule has 3 rings (SSSR count). The summed E-state index contributed by atoms with van der Waals surface area (Å²) in [6, 6.07) is 7.70. The fourth-order valence-corrected chi connectivity index (χ4v) is 3.13. The number of guanidine groups is 1. The highest BCUT2D eigenvalue weighted by atomic mass is 127. The van der Waals surface area contributed by atoms with Crippen LogP contribution >= 0.6 is 35.3 Å². The van der Waals surface area contributed by atoms with Gasteiger partial charge in [-0.1, -0.05) is 11.2 Å². The molecule has 0 radical (unpaired) electrons. The lowest BCUT2D eigenvalue weighted by atomic mass is 10.3. The van der Waals surface area contributed by atoms with E-state index in [9.17, 15) is 0 Å². The smallest absolute Gasteiger partial charge is 0.276 e. The minimum absolute atomic E-state index is 0. The number of nitrogens with one attached hydrogen (secondary N) is 2. The molecule has 0 fully saturated rings. The Morgan fingerprint density at radius 2 is 2.15 bits per heavy atom. The second-order valence-corrected chi connectivity index (χ2v) is 6.63. The fourth-order valence-electron chi connectivity index (χ4n) is 2.30. The summed E-state index contributed by atoms with van der Waals surface area (Å²) < 4.78 is 5.27. The van der Waals surface area contributed by atoms with E-state index in [0.717, 1.165) is 12.5 Å². The van der Waals surface area contributed by atoms with E-state index in [4.69, 9.17) is 4.52 Å². The molecule has 2 N–H and O–H groups in total. The van der Waals surface area contributed by atoms with Gasteiger partial charge in [-0.2, -0.15) is 4.98 Å². The second-order valence-electron chi connectivity index (χ2n) is 5.63. The van der Waals surface area contributed by atoms with E-state index in [0.29, 0.717) is 36.9 Å². The van der Waals surface area contributed by atoms with Gasteiger partial charge < -0.3 is 15.2 Å². The molecule has 9 heteroatoms. The van der Waals surface area contributed by atoms with E-state index in [1.165, 1.54) is 10.4 Å². The van der Waals surface area contributed by atoms with Crippen molar-refractivity contribution in [1.82, 2.24) is 25.8 Å². The first-order chi connectivity index (χ1) is 12.8. The van der Waals surface area contributed by atoms with Crippen LogP contribution in [0.15, 0.2) is 45.4 Å². The third kappa shape index (κ3) is 6.28. The van der Waals surface area contributed by atoms with Gasteiger partial charge in [0.25, 0.3) is 5.89 Å². The quantitative estimate of drug-likeness (QED) is 0.295. The third-order valence-electron chi connectivity index (χ3n) is 3.69. The number of aryl methyl sites for hydroxylation is 1. The topological polar surface area (TPSA) is 88.2 Å². The highest BCUT2D eigenvalue weighted by Crippen LogP contribution is 2.16. The van der Waals surface area contributed by atoms with Gasteiger partial charge in [0.2, 0.25) is 0 Å². The Hall–Kier alpha value is -2.01. The molecule has 0 aromatic carbocycles. The van der Waals surface area contributed by atoms with Gasteiger partial charge in [-0.15, -0.1) is 35.3 Å². The number of hydrogen-bond donors (Lipinski definition) is 2. The van der Waals surface area contributed by atoms with Crippen LogP contribution in [0.25, 0.3) is 11.6 Å². The van der Waals surface area contributed by atoms with Crippen LogP contribution in [0.4, 0.5) is 0 Å². The van der Waals surface area contributed by atoms with Crippen LogP contribution in [0.5, 0.6) is 0 Å². The van der Waals surface area contributed by atoms with Crippen LogP contribution in [-0.2, 0) is 13.0 Å². The maximum Gasteiger partial charge on any atom is 0.276 e. The fraction of sp³-hybridized carbons (Fsp3) is 0.333. The number of rotatable bonds is 7. The molecule has 7 nitrogen and oxygen atoms in total. The van der Waals surface area contributed by atoms with E-state index >= 15 is 0 Å². The van der Waals surface area contributed by atoms with E-state index in [-0.39, 0.29) is 24.0 Å². The van der Waals surface area contributed by atoms with Crippen LogP contribution in [0.2, 0.25) is 0 Å². The summed E-state index contributed by atoms with van der Waals surface area (Å²) in [5.74, 6) is 1.87. The van der Waals surface area contributed by atoms with E-state index in [1.807, 2.05) is 25.1 Å². The molecule has 0 amide bonds.